The summed E-state index contributed by atoms with van der Waals surface area (Å²) >= 11 is 0. The molecule has 1 aromatic rings. The molecule has 1 fully saturated rings. The van der Waals surface area contributed by atoms with E-state index in [1.54, 1.807) is 4.90 Å². The van der Waals surface area contributed by atoms with Gasteiger partial charge >= 0.3 is 0 Å². The third-order valence-corrected chi connectivity index (χ3v) is 3.91. The minimum Gasteiger partial charge on any atom is -0.403 e. The van der Waals surface area contributed by atoms with Crippen LogP contribution in [-0.4, -0.2) is 29.3 Å². The zero-order valence-electron chi connectivity index (χ0n) is 13.0. The summed E-state index contributed by atoms with van der Waals surface area (Å²) in [6.07, 6.45) is 2.81. The van der Waals surface area contributed by atoms with E-state index in [0.29, 0.717) is 25.2 Å². The van der Waals surface area contributed by atoms with Crippen molar-refractivity contribution in [1.82, 2.24) is 15.6 Å². The zero-order chi connectivity index (χ0) is 16.7. The molecule has 6 N–H and O–H groups in total. The van der Waals surface area contributed by atoms with Crippen molar-refractivity contribution in [2.75, 3.05) is 6.54 Å². The topological polar surface area (TPSA) is 113 Å². The number of amides is 2. The molecular formula is C16H23N5O2. The van der Waals surface area contributed by atoms with Gasteiger partial charge in [0.05, 0.1) is 12.1 Å². The second kappa shape index (κ2) is 8.19. The number of hydrazine groups is 1. The summed E-state index contributed by atoms with van der Waals surface area (Å²) in [7, 11) is 0. The maximum absolute atomic E-state index is 12.4. The molecule has 1 atom stereocenters. The van der Waals surface area contributed by atoms with Gasteiger partial charge in [-0.3, -0.25) is 15.4 Å². The fourth-order valence-corrected chi connectivity index (χ4v) is 2.66. The summed E-state index contributed by atoms with van der Waals surface area (Å²) in [4.78, 5) is 26.3. The Kier molecular flexibility index (Phi) is 5.99. The number of carbonyl (C=O) groups is 2. The number of nitrogens with one attached hydrogen (secondary N) is 2. The molecule has 0 radical (unpaired) electrons. The molecule has 0 bridgehead atoms. The smallest absolute Gasteiger partial charge is 0.243 e. The minimum atomic E-state index is -0.428. The minimum absolute atomic E-state index is 0.0649. The molecule has 0 saturated carbocycles. The van der Waals surface area contributed by atoms with Crippen molar-refractivity contribution in [3.8, 4) is 0 Å². The number of nitrogens with two attached hydrogens (primary N) is 2. The standard InChI is InChI=1S/C16H23N5O2/c17-10-13(20-18)9-15(22)21-8-4-7-14(21)16(23)19-11-12-5-2-1-3-6-12/h1-3,5-6,10,14,20H,4,7-9,11,17-18H2,(H,19,23)/b13-10-. The summed E-state index contributed by atoms with van der Waals surface area (Å²) in [5, 5.41) is 2.89. The molecule has 23 heavy (non-hydrogen) atoms. The Bertz CT molecular complexity index is 573. The summed E-state index contributed by atoms with van der Waals surface area (Å²) in [5.41, 5.74) is 9.23. The second-order valence-corrected chi connectivity index (χ2v) is 5.46. The van der Waals surface area contributed by atoms with Gasteiger partial charge in [0.2, 0.25) is 11.8 Å². The van der Waals surface area contributed by atoms with E-state index in [-0.39, 0.29) is 18.2 Å². The van der Waals surface area contributed by atoms with Gasteiger partial charge in [-0.15, -0.1) is 0 Å². The highest BCUT2D eigenvalue weighted by molar-refractivity contribution is 5.89. The maximum atomic E-state index is 12.4. The average molecular weight is 317 g/mol. The van der Waals surface area contributed by atoms with Gasteiger partial charge in [-0.05, 0) is 18.4 Å². The Labute approximate surface area is 135 Å². The number of carbonyl (C=O) groups excluding carboxylic acids is 2. The maximum Gasteiger partial charge on any atom is 0.243 e. The molecule has 7 nitrogen and oxygen atoms in total. The highest BCUT2D eigenvalue weighted by Crippen LogP contribution is 2.19. The molecule has 1 aromatic carbocycles. The van der Waals surface area contributed by atoms with Gasteiger partial charge in [-0.25, -0.2) is 0 Å². The van der Waals surface area contributed by atoms with E-state index in [0.717, 1.165) is 12.0 Å². The first-order valence-electron chi connectivity index (χ1n) is 7.64. The largest absolute Gasteiger partial charge is 0.403 e. The Hall–Kier alpha value is -2.54. The van der Waals surface area contributed by atoms with Gasteiger partial charge in [0.25, 0.3) is 0 Å². The highest BCUT2D eigenvalue weighted by atomic mass is 16.2. The van der Waals surface area contributed by atoms with Crippen molar-refractivity contribution in [3.63, 3.8) is 0 Å². The van der Waals surface area contributed by atoms with Crippen LogP contribution in [0.1, 0.15) is 24.8 Å². The predicted octanol–water partition coefficient (Wildman–Crippen LogP) is -0.0527. The number of hydrogen-bond donors (Lipinski definition) is 4. The molecule has 0 spiro atoms. The summed E-state index contributed by atoms with van der Waals surface area (Å²) < 4.78 is 0. The molecule has 124 valence electrons. The van der Waals surface area contributed by atoms with E-state index in [4.69, 9.17) is 11.6 Å². The summed E-state index contributed by atoms with van der Waals surface area (Å²) in [6.45, 7) is 1.03. The van der Waals surface area contributed by atoms with Crippen molar-refractivity contribution in [2.45, 2.75) is 31.8 Å². The number of benzene rings is 1. The van der Waals surface area contributed by atoms with Crippen LogP contribution in [0.3, 0.4) is 0 Å². The Balaban J connectivity index is 1.92. The van der Waals surface area contributed by atoms with Crippen molar-refractivity contribution in [3.05, 3.63) is 47.8 Å². The molecule has 1 heterocycles. The van der Waals surface area contributed by atoms with Gasteiger partial charge < -0.3 is 21.4 Å². The monoisotopic (exact) mass is 317 g/mol. The lowest BCUT2D eigenvalue weighted by Gasteiger charge is -2.24. The van der Waals surface area contributed by atoms with Crippen LogP contribution >= 0.6 is 0 Å². The third-order valence-electron chi connectivity index (χ3n) is 3.91. The van der Waals surface area contributed by atoms with Gasteiger partial charge in [-0.2, -0.15) is 0 Å². The fraction of sp³-hybridized carbons (Fsp3) is 0.375. The van der Waals surface area contributed by atoms with Crippen LogP contribution in [-0.2, 0) is 16.1 Å². The fourth-order valence-electron chi connectivity index (χ4n) is 2.66. The van der Waals surface area contributed by atoms with E-state index in [9.17, 15) is 9.59 Å². The van der Waals surface area contributed by atoms with Gasteiger partial charge in [-0.1, -0.05) is 30.3 Å². The molecule has 0 aromatic heterocycles. The normalized spacial score (nSPS) is 17.9. The van der Waals surface area contributed by atoms with Crippen LogP contribution in [0.15, 0.2) is 42.2 Å². The Morgan fingerprint density at radius 2 is 2.04 bits per heavy atom. The molecular weight excluding hydrogens is 294 g/mol. The predicted molar refractivity (Wildman–Crippen MR) is 87.2 cm³/mol. The van der Waals surface area contributed by atoms with Gasteiger partial charge in [0, 0.05) is 19.3 Å². The molecule has 7 heteroatoms. The average Bonchev–Trinajstić information content (AvgIpc) is 3.08. The number of likely N-dealkylation sites (tertiary alicyclic amines) is 1. The SMILES string of the molecule is N/C=C(/CC(=O)N1CCCC1C(=O)NCc1ccccc1)NN. The van der Waals surface area contributed by atoms with Crippen molar-refractivity contribution >= 4 is 11.8 Å². The van der Waals surface area contributed by atoms with Crippen molar-refractivity contribution in [2.24, 2.45) is 11.6 Å². The molecule has 1 aliphatic rings. The third kappa shape index (κ3) is 4.46. The van der Waals surface area contributed by atoms with Crippen molar-refractivity contribution in [1.29, 1.82) is 0 Å². The molecule has 1 saturated heterocycles. The lowest BCUT2D eigenvalue weighted by atomic mass is 10.1. The van der Waals surface area contributed by atoms with Crippen LogP contribution in [0.5, 0.6) is 0 Å². The van der Waals surface area contributed by atoms with Gasteiger partial charge in [0.15, 0.2) is 0 Å². The van der Waals surface area contributed by atoms with E-state index < -0.39 is 6.04 Å². The molecule has 0 aliphatic carbocycles. The first kappa shape index (κ1) is 16.8. The lowest BCUT2D eigenvalue weighted by molar-refractivity contribution is -0.138. The molecule has 2 rings (SSSR count). The molecule has 1 aliphatic heterocycles. The highest BCUT2D eigenvalue weighted by Gasteiger charge is 2.33. The number of hydrogen-bond acceptors (Lipinski definition) is 5. The second-order valence-electron chi connectivity index (χ2n) is 5.46. The first-order valence-corrected chi connectivity index (χ1v) is 7.64. The van der Waals surface area contributed by atoms with E-state index >= 15 is 0 Å². The van der Waals surface area contributed by atoms with Crippen LogP contribution in [0.25, 0.3) is 0 Å². The molecule has 1 unspecified atom stereocenters. The first-order chi connectivity index (χ1) is 11.2. The van der Waals surface area contributed by atoms with E-state index in [1.165, 1.54) is 6.20 Å². The van der Waals surface area contributed by atoms with Crippen LogP contribution < -0.4 is 22.3 Å². The molecule has 2 amide bonds. The lowest BCUT2D eigenvalue weighted by Crippen LogP contribution is -2.46. The zero-order valence-corrected chi connectivity index (χ0v) is 13.0. The van der Waals surface area contributed by atoms with Gasteiger partial charge in [0.1, 0.15) is 6.04 Å². The quantitative estimate of drug-likeness (QED) is 0.434. The number of nitrogens with zero attached hydrogens (tertiary/aromatic N) is 1. The van der Waals surface area contributed by atoms with Crippen LogP contribution in [0.4, 0.5) is 0 Å². The van der Waals surface area contributed by atoms with Crippen LogP contribution in [0.2, 0.25) is 0 Å². The van der Waals surface area contributed by atoms with Crippen molar-refractivity contribution < 1.29 is 9.59 Å². The van der Waals surface area contributed by atoms with E-state index in [2.05, 4.69) is 10.7 Å². The Morgan fingerprint density at radius 1 is 1.30 bits per heavy atom. The number of rotatable bonds is 6. The van der Waals surface area contributed by atoms with E-state index in [1.807, 2.05) is 30.3 Å². The summed E-state index contributed by atoms with van der Waals surface area (Å²) in [6, 6.07) is 9.24. The summed E-state index contributed by atoms with van der Waals surface area (Å²) in [5.74, 6) is 5.01. The Morgan fingerprint density at radius 3 is 2.70 bits per heavy atom. The van der Waals surface area contributed by atoms with Crippen LogP contribution in [0, 0.1) is 0 Å².